The van der Waals surface area contributed by atoms with Crippen LogP contribution in [0, 0.1) is 0 Å². The fourth-order valence-electron chi connectivity index (χ4n) is 2.59. The highest BCUT2D eigenvalue weighted by molar-refractivity contribution is 5.91. The third-order valence-corrected chi connectivity index (χ3v) is 3.38. The molecule has 0 aromatic heterocycles. The van der Waals surface area contributed by atoms with E-state index in [9.17, 15) is 4.79 Å². The average molecular weight is 193 g/mol. The molecule has 2 rings (SSSR count). The molecule has 2 aliphatic rings. The van der Waals surface area contributed by atoms with Gasteiger partial charge in [-0.15, -0.1) is 0 Å². The van der Waals surface area contributed by atoms with Gasteiger partial charge in [-0.05, 0) is 43.5 Å². The van der Waals surface area contributed by atoms with Crippen LogP contribution in [-0.4, -0.2) is 16.6 Å². The second-order valence-corrected chi connectivity index (χ2v) is 3.96. The van der Waals surface area contributed by atoms with E-state index in [2.05, 4.69) is 12.2 Å². The van der Waals surface area contributed by atoms with E-state index in [4.69, 9.17) is 5.11 Å². The predicted octanol–water partition coefficient (Wildman–Crippen LogP) is 1.82. The largest absolute Gasteiger partial charge is 0.478 e. The van der Waals surface area contributed by atoms with Gasteiger partial charge < -0.3 is 10.4 Å². The number of rotatable bonds is 2. The minimum Gasteiger partial charge on any atom is -0.478 e. The van der Waals surface area contributed by atoms with Gasteiger partial charge in [0, 0.05) is 0 Å². The molecule has 0 aromatic rings. The highest BCUT2D eigenvalue weighted by Crippen LogP contribution is 2.41. The van der Waals surface area contributed by atoms with Crippen LogP contribution in [0.5, 0.6) is 0 Å². The number of nitrogens with one attached hydrogen (secondary N) is 1. The molecule has 3 heteroatoms. The van der Waals surface area contributed by atoms with Gasteiger partial charge in [0.15, 0.2) is 0 Å². The number of aliphatic carboxylic acids is 1. The van der Waals surface area contributed by atoms with E-state index in [1.807, 2.05) is 0 Å². The number of carbonyl (C=O) groups is 1. The maximum absolute atomic E-state index is 11.0. The van der Waals surface area contributed by atoms with E-state index in [-0.39, 0.29) is 5.54 Å². The third-order valence-electron chi connectivity index (χ3n) is 3.38. The van der Waals surface area contributed by atoms with Crippen molar-refractivity contribution in [1.29, 1.82) is 0 Å². The van der Waals surface area contributed by atoms with Gasteiger partial charge in [-0.25, -0.2) is 4.79 Å². The molecule has 3 nitrogen and oxygen atoms in total. The summed E-state index contributed by atoms with van der Waals surface area (Å²) in [5.41, 5.74) is 1.54. The Kier molecular flexibility index (Phi) is 2.10. The highest BCUT2D eigenvalue weighted by atomic mass is 16.4. The van der Waals surface area contributed by atoms with Crippen molar-refractivity contribution in [2.24, 2.45) is 0 Å². The number of fused-ring (bicyclic) bond motifs is 1. The molecule has 1 atom stereocenters. The van der Waals surface area contributed by atoms with Crippen LogP contribution in [0.15, 0.2) is 23.4 Å². The Labute approximate surface area is 83.5 Å². The molecule has 76 valence electrons. The summed E-state index contributed by atoms with van der Waals surface area (Å²) >= 11 is 0. The predicted molar refractivity (Wildman–Crippen MR) is 53.8 cm³/mol. The number of hydrogen-bond donors (Lipinski definition) is 2. The van der Waals surface area contributed by atoms with Crippen molar-refractivity contribution in [2.75, 3.05) is 0 Å². The van der Waals surface area contributed by atoms with E-state index in [0.717, 1.165) is 31.3 Å². The summed E-state index contributed by atoms with van der Waals surface area (Å²) in [6.07, 6.45) is 7.49. The molecule has 0 aromatic carbocycles. The molecular formula is C11H15NO2. The smallest absolute Gasteiger partial charge is 0.335 e. The number of dihydropyridines is 1. The van der Waals surface area contributed by atoms with Gasteiger partial charge >= 0.3 is 5.97 Å². The van der Waals surface area contributed by atoms with Crippen LogP contribution in [0.4, 0.5) is 0 Å². The molecule has 1 aliphatic carbocycles. The molecule has 1 saturated carbocycles. The zero-order valence-corrected chi connectivity index (χ0v) is 8.34. The molecule has 2 N–H and O–H groups in total. The molecule has 1 aliphatic heterocycles. The van der Waals surface area contributed by atoms with Gasteiger partial charge in [0.25, 0.3) is 0 Å². The Morgan fingerprint density at radius 1 is 1.71 bits per heavy atom. The van der Waals surface area contributed by atoms with Crippen molar-refractivity contribution in [3.63, 3.8) is 0 Å². The first kappa shape index (κ1) is 9.31. The van der Waals surface area contributed by atoms with Crippen LogP contribution in [0.3, 0.4) is 0 Å². The van der Waals surface area contributed by atoms with E-state index in [1.54, 1.807) is 12.3 Å². The topological polar surface area (TPSA) is 49.3 Å². The Morgan fingerprint density at radius 2 is 2.50 bits per heavy atom. The molecule has 0 bridgehead atoms. The molecule has 0 saturated heterocycles. The Bertz CT molecular complexity index is 330. The molecule has 1 heterocycles. The van der Waals surface area contributed by atoms with E-state index < -0.39 is 5.97 Å². The minimum absolute atomic E-state index is 0.0531. The van der Waals surface area contributed by atoms with Gasteiger partial charge in [-0.1, -0.05) is 6.92 Å². The van der Waals surface area contributed by atoms with Crippen LogP contribution in [0.25, 0.3) is 0 Å². The zero-order chi connectivity index (χ0) is 10.2. The van der Waals surface area contributed by atoms with Gasteiger partial charge in [0.05, 0.1) is 11.1 Å². The summed E-state index contributed by atoms with van der Waals surface area (Å²) < 4.78 is 0. The summed E-state index contributed by atoms with van der Waals surface area (Å²) in [6.45, 7) is 2.11. The molecule has 14 heavy (non-hydrogen) atoms. The van der Waals surface area contributed by atoms with Crippen molar-refractivity contribution in [3.8, 4) is 0 Å². The first-order chi connectivity index (χ1) is 6.69. The lowest BCUT2D eigenvalue weighted by Gasteiger charge is -2.33. The van der Waals surface area contributed by atoms with Gasteiger partial charge in [0.2, 0.25) is 0 Å². The zero-order valence-electron chi connectivity index (χ0n) is 8.34. The fraction of sp³-hybridized carbons (Fsp3) is 0.545. The van der Waals surface area contributed by atoms with E-state index >= 15 is 0 Å². The first-order valence-electron chi connectivity index (χ1n) is 5.11. The molecule has 1 fully saturated rings. The molecule has 0 spiro atoms. The van der Waals surface area contributed by atoms with Crippen molar-refractivity contribution >= 4 is 5.97 Å². The van der Waals surface area contributed by atoms with Crippen LogP contribution < -0.4 is 5.32 Å². The summed E-state index contributed by atoms with van der Waals surface area (Å²) in [6, 6.07) is 0. The maximum Gasteiger partial charge on any atom is 0.335 e. The molecule has 1 unspecified atom stereocenters. The van der Waals surface area contributed by atoms with Crippen LogP contribution in [-0.2, 0) is 4.79 Å². The van der Waals surface area contributed by atoms with Crippen molar-refractivity contribution in [1.82, 2.24) is 5.32 Å². The molecular weight excluding hydrogens is 178 g/mol. The lowest BCUT2D eigenvalue weighted by molar-refractivity contribution is -0.132. The Morgan fingerprint density at radius 3 is 3.14 bits per heavy atom. The standard InChI is InChI=1S/C11H15NO2/c1-2-11-6-3-4-9(11)8(10(13)14)5-7-12-11/h5,7,12H,2-4,6H2,1H3,(H,13,14). The van der Waals surface area contributed by atoms with E-state index in [0.29, 0.717) is 5.57 Å². The maximum atomic E-state index is 11.0. The quantitative estimate of drug-likeness (QED) is 0.703. The fourth-order valence-corrected chi connectivity index (χ4v) is 2.59. The number of carboxylic acids is 1. The van der Waals surface area contributed by atoms with E-state index in [1.165, 1.54) is 0 Å². The summed E-state index contributed by atoms with van der Waals surface area (Å²) in [5.74, 6) is -0.794. The van der Waals surface area contributed by atoms with Crippen molar-refractivity contribution in [3.05, 3.63) is 23.4 Å². The van der Waals surface area contributed by atoms with Gasteiger partial charge in [-0.2, -0.15) is 0 Å². The monoisotopic (exact) mass is 193 g/mol. The van der Waals surface area contributed by atoms with Crippen LogP contribution in [0.1, 0.15) is 32.6 Å². The Hall–Kier alpha value is -1.25. The van der Waals surface area contributed by atoms with Crippen molar-refractivity contribution < 1.29 is 9.90 Å². The van der Waals surface area contributed by atoms with Crippen LogP contribution in [0.2, 0.25) is 0 Å². The normalized spacial score (nSPS) is 30.1. The van der Waals surface area contributed by atoms with Gasteiger partial charge in [-0.3, -0.25) is 0 Å². The number of hydrogen-bond acceptors (Lipinski definition) is 2. The second kappa shape index (κ2) is 3.15. The lowest BCUT2D eigenvalue weighted by Crippen LogP contribution is -2.43. The number of carboxylic acid groups (broad SMARTS) is 1. The van der Waals surface area contributed by atoms with Crippen molar-refractivity contribution in [2.45, 2.75) is 38.1 Å². The van der Waals surface area contributed by atoms with Gasteiger partial charge in [0.1, 0.15) is 0 Å². The third kappa shape index (κ3) is 1.15. The summed E-state index contributed by atoms with van der Waals surface area (Å²) in [7, 11) is 0. The average Bonchev–Trinajstić information content (AvgIpc) is 2.60. The highest BCUT2D eigenvalue weighted by Gasteiger charge is 2.40. The molecule has 0 amide bonds. The van der Waals surface area contributed by atoms with Crippen LogP contribution >= 0.6 is 0 Å². The Balaban J connectivity index is 2.47. The lowest BCUT2D eigenvalue weighted by atomic mass is 9.84. The summed E-state index contributed by atoms with van der Waals surface area (Å²) in [4.78, 5) is 11.0. The summed E-state index contributed by atoms with van der Waals surface area (Å²) in [5, 5.41) is 12.4. The second-order valence-electron chi connectivity index (χ2n) is 3.96. The molecule has 0 radical (unpaired) electrons. The minimum atomic E-state index is -0.794. The SMILES string of the molecule is CCC12CCCC1=C(C(=O)O)C=CN2. The first-order valence-corrected chi connectivity index (χ1v) is 5.11.